The van der Waals surface area contributed by atoms with Crippen molar-refractivity contribution in [2.24, 2.45) is 0 Å². The third kappa shape index (κ3) is 3.74. The van der Waals surface area contributed by atoms with E-state index in [0.717, 1.165) is 11.1 Å². The van der Waals surface area contributed by atoms with Crippen LogP contribution >= 0.6 is 11.6 Å². The SMILES string of the molecule is O=C(NCc1ccc(CO)cc1)c1cncc(Cl)n1. The van der Waals surface area contributed by atoms with Crippen molar-refractivity contribution in [3.8, 4) is 0 Å². The lowest BCUT2D eigenvalue weighted by Gasteiger charge is -2.05. The summed E-state index contributed by atoms with van der Waals surface area (Å²) >= 11 is 5.66. The van der Waals surface area contributed by atoms with Gasteiger partial charge in [-0.25, -0.2) is 4.98 Å². The van der Waals surface area contributed by atoms with Crippen molar-refractivity contribution in [2.75, 3.05) is 0 Å². The molecule has 0 bridgehead atoms. The molecule has 0 atom stereocenters. The summed E-state index contributed by atoms with van der Waals surface area (Å²) in [5, 5.41) is 11.8. The number of aliphatic hydroxyl groups excluding tert-OH is 1. The second-order valence-electron chi connectivity index (χ2n) is 3.88. The lowest BCUT2D eigenvalue weighted by Crippen LogP contribution is -2.24. The number of aromatic nitrogens is 2. The predicted octanol–water partition coefficient (Wildman–Crippen LogP) is 1.55. The Morgan fingerprint density at radius 1 is 1.21 bits per heavy atom. The summed E-state index contributed by atoms with van der Waals surface area (Å²) in [7, 11) is 0. The molecule has 6 heteroatoms. The molecule has 0 fully saturated rings. The smallest absolute Gasteiger partial charge is 0.271 e. The van der Waals surface area contributed by atoms with Gasteiger partial charge in [-0.05, 0) is 11.1 Å². The number of amides is 1. The summed E-state index contributed by atoms with van der Waals surface area (Å²) < 4.78 is 0. The Hall–Kier alpha value is -1.98. The molecule has 1 aromatic carbocycles. The highest BCUT2D eigenvalue weighted by Crippen LogP contribution is 2.05. The first-order valence-corrected chi connectivity index (χ1v) is 6.01. The Morgan fingerprint density at radius 2 is 1.89 bits per heavy atom. The first-order valence-electron chi connectivity index (χ1n) is 5.63. The van der Waals surface area contributed by atoms with E-state index in [0.29, 0.717) is 6.54 Å². The van der Waals surface area contributed by atoms with Gasteiger partial charge in [-0.3, -0.25) is 9.78 Å². The third-order valence-electron chi connectivity index (χ3n) is 2.50. The summed E-state index contributed by atoms with van der Waals surface area (Å²) in [6.45, 7) is 0.378. The molecular formula is C13H12ClN3O2. The highest BCUT2D eigenvalue weighted by Gasteiger charge is 2.07. The van der Waals surface area contributed by atoms with Gasteiger partial charge in [0.2, 0.25) is 0 Å². The standard InChI is InChI=1S/C13H12ClN3O2/c14-12-7-15-6-11(17-12)13(19)16-5-9-1-3-10(8-18)4-2-9/h1-4,6-7,18H,5,8H2,(H,16,19). The van der Waals surface area contributed by atoms with E-state index >= 15 is 0 Å². The molecule has 0 aliphatic heterocycles. The Kier molecular flexibility index (Phi) is 4.43. The molecule has 5 nitrogen and oxygen atoms in total. The molecule has 1 amide bonds. The van der Waals surface area contributed by atoms with Gasteiger partial charge < -0.3 is 10.4 Å². The Labute approximate surface area is 115 Å². The molecule has 0 radical (unpaired) electrons. The van der Waals surface area contributed by atoms with Crippen LogP contribution < -0.4 is 5.32 Å². The van der Waals surface area contributed by atoms with Crippen molar-refractivity contribution < 1.29 is 9.90 Å². The first-order chi connectivity index (χ1) is 9.19. The van der Waals surface area contributed by atoms with Crippen molar-refractivity contribution in [1.82, 2.24) is 15.3 Å². The Bertz CT molecular complexity index is 572. The lowest BCUT2D eigenvalue weighted by atomic mass is 10.1. The van der Waals surface area contributed by atoms with Crippen LogP contribution in [0.5, 0.6) is 0 Å². The minimum absolute atomic E-state index is 0.00471. The number of rotatable bonds is 4. The number of hydrogen-bond donors (Lipinski definition) is 2. The molecule has 0 spiro atoms. The highest BCUT2D eigenvalue weighted by molar-refractivity contribution is 6.29. The maximum atomic E-state index is 11.8. The zero-order chi connectivity index (χ0) is 13.7. The van der Waals surface area contributed by atoms with Crippen LogP contribution in [0.15, 0.2) is 36.7 Å². The van der Waals surface area contributed by atoms with Crippen LogP contribution in [-0.2, 0) is 13.2 Å². The number of nitrogens with zero attached hydrogens (tertiary/aromatic N) is 2. The van der Waals surface area contributed by atoms with Crippen LogP contribution in [0.2, 0.25) is 5.15 Å². The summed E-state index contributed by atoms with van der Waals surface area (Å²) in [5.41, 5.74) is 1.94. The number of carbonyl (C=O) groups is 1. The highest BCUT2D eigenvalue weighted by atomic mass is 35.5. The van der Waals surface area contributed by atoms with Crippen molar-refractivity contribution in [1.29, 1.82) is 0 Å². The summed E-state index contributed by atoms with van der Waals surface area (Å²) in [4.78, 5) is 19.5. The molecule has 1 aromatic heterocycles. The lowest BCUT2D eigenvalue weighted by molar-refractivity contribution is 0.0945. The zero-order valence-electron chi connectivity index (χ0n) is 10.0. The van der Waals surface area contributed by atoms with Gasteiger partial charge in [-0.15, -0.1) is 0 Å². The summed E-state index contributed by atoms with van der Waals surface area (Å²) in [5.74, 6) is -0.332. The second-order valence-corrected chi connectivity index (χ2v) is 4.27. The molecule has 19 heavy (non-hydrogen) atoms. The zero-order valence-corrected chi connectivity index (χ0v) is 10.8. The number of aliphatic hydroxyl groups is 1. The fourth-order valence-electron chi connectivity index (χ4n) is 1.49. The third-order valence-corrected chi connectivity index (χ3v) is 2.68. The van der Waals surface area contributed by atoms with E-state index < -0.39 is 0 Å². The fourth-order valence-corrected chi connectivity index (χ4v) is 1.63. The predicted molar refractivity (Wildman–Crippen MR) is 70.6 cm³/mol. The molecule has 0 unspecified atom stereocenters. The van der Waals surface area contributed by atoms with E-state index in [4.69, 9.17) is 16.7 Å². The van der Waals surface area contributed by atoms with Crippen LogP contribution in [0.3, 0.4) is 0 Å². The summed E-state index contributed by atoms with van der Waals surface area (Å²) in [6, 6.07) is 7.30. The molecular weight excluding hydrogens is 266 g/mol. The Morgan fingerprint density at radius 3 is 2.53 bits per heavy atom. The van der Waals surface area contributed by atoms with Crippen LogP contribution in [0, 0.1) is 0 Å². The molecule has 1 heterocycles. The number of benzene rings is 1. The number of carbonyl (C=O) groups excluding carboxylic acids is 1. The maximum absolute atomic E-state index is 11.8. The molecule has 2 N–H and O–H groups in total. The maximum Gasteiger partial charge on any atom is 0.271 e. The monoisotopic (exact) mass is 277 g/mol. The van der Waals surface area contributed by atoms with E-state index in [2.05, 4.69) is 15.3 Å². The molecule has 0 saturated heterocycles. The van der Waals surface area contributed by atoms with Gasteiger partial charge in [0.1, 0.15) is 10.8 Å². The number of nitrogens with one attached hydrogen (secondary N) is 1. The fraction of sp³-hybridized carbons (Fsp3) is 0.154. The molecule has 0 saturated carbocycles. The largest absolute Gasteiger partial charge is 0.392 e. The second kappa shape index (κ2) is 6.26. The minimum Gasteiger partial charge on any atom is -0.392 e. The summed E-state index contributed by atoms with van der Waals surface area (Å²) in [6.07, 6.45) is 2.72. The van der Waals surface area contributed by atoms with Crippen molar-refractivity contribution in [3.63, 3.8) is 0 Å². The van der Waals surface area contributed by atoms with Gasteiger partial charge in [0, 0.05) is 6.54 Å². The average molecular weight is 278 g/mol. The first kappa shape index (κ1) is 13.5. The van der Waals surface area contributed by atoms with E-state index in [-0.39, 0.29) is 23.4 Å². The van der Waals surface area contributed by atoms with Crippen LogP contribution in [-0.4, -0.2) is 21.0 Å². The quantitative estimate of drug-likeness (QED) is 0.889. The van der Waals surface area contributed by atoms with Gasteiger partial charge in [0.25, 0.3) is 5.91 Å². The van der Waals surface area contributed by atoms with Gasteiger partial charge >= 0.3 is 0 Å². The van der Waals surface area contributed by atoms with Gasteiger partial charge in [-0.1, -0.05) is 35.9 Å². The van der Waals surface area contributed by atoms with E-state index in [1.807, 2.05) is 12.1 Å². The van der Waals surface area contributed by atoms with Crippen molar-refractivity contribution >= 4 is 17.5 Å². The molecule has 2 aromatic rings. The normalized spacial score (nSPS) is 10.2. The molecule has 0 aliphatic carbocycles. The van der Waals surface area contributed by atoms with E-state index in [1.165, 1.54) is 12.4 Å². The topological polar surface area (TPSA) is 75.1 Å². The number of halogens is 1. The van der Waals surface area contributed by atoms with Crippen LogP contribution in [0.25, 0.3) is 0 Å². The van der Waals surface area contributed by atoms with Crippen molar-refractivity contribution in [3.05, 3.63) is 58.6 Å². The van der Waals surface area contributed by atoms with Crippen LogP contribution in [0.1, 0.15) is 21.6 Å². The number of hydrogen-bond acceptors (Lipinski definition) is 4. The van der Waals surface area contributed by atoms with Gasteiger partial charge in [0.05, 0.1) is 19.0 Å². The van der Waals surface area contributed by atoms with E-state index in [1.54, 1.807) is 12.1 Å². The molecule has 0 aliphatic rings. The van der Waals surface area contributed by atoms with E-state index in [9.17, 15) is 4.79 Å². The van der Waals surface area contributed by atoms with Gasteiger partial charge in [-0.2, -0.15) is 0 Å². The Balaban J connectivity index is 1.96. The van der Waals surface area contributed by atoms with Gasteiger partial charge in [0.15, 0.2) is 0 Å². The molecule has 98 valence electrons. The average Bonchev–Trinajstić information content (AvgIpc) is 2.45. The minimum atomic E-state index is -0.332. The molecule has 2 rings (SSSR count). The van der Waals surface area contributed by atoms with Crippen molar-refractivity contribution in [2.45, 2.75) is 13.2 Å². The van der Waals surface area contributed by atoms with Crippen LogP contribution in [0.4, 0.5) is 0 Å².